The van der Waals surface area contributed by atoms with Gasteiger partial charge in [0.05, 0.1) is 0 Å². The number of hydrogen-bond donors (Lipinski definition) is 0. The van der Waals surface area contributed by atoms with E-state index in [2.05, 4.69) is 55.4 Å². The van der Waals surface area contributed by atoms with Crippen LogP contribution in [0.2, 0.25) is 0 Å². The fraction of sp³-hybridized carbons (Fsp3) is 1.00. The molecule has 0 aromatic heterocycles. The summed E-state index contributed by atoms with van der Waals surface area (Å²) in [4.78, 5) is 0. The van der Waals surface area contributed by atoms with E-state index in [1.54, 1.807) is 0 Å². The second-order valence-electron chi connectivity index (χ2n) is 8.70. The van der Waals surface area contributed by atoms with Crippen molar-refractivity contribution in [1.29, 1.82) is 0 Å². The largest absolute Gasteiger partial charge is 0.0625 e. The number of hydrogen-bond acceptors (Lipinski definition) is 0. The van der Waals surface area contributed by atoms with Crippen LogP contribution in [0.25, 0.3) is 0 Å². The summed E-state index contributed by atoms with van der Waals surface area (Å²) in [6, 6.07) is 0. The molecule has 0 nitrogen and oxygen atoms in total. The maximum Gasteiger partial charge on any atom is -0.0324 e. The van der Waals surface area contributed by atoms with Gasteiger partial charge in [0, 0.05) is 0 Å². The molecule has 1 saturated carbocycles. The molecule has 102 valence electrons. The molecular weight excluding hydrogens is 204 g/mol. The summed E-state index contributed by atoms with van der Waals surface area (Å²) in [5.41, 5.74) is 0.942. The second kappa shape index (κ2) is 4.94. The molecule has 0 aromatic rings. The molecule has 2 atom stereocenters. The predicted octanol–water partition coefficient (Wildman–Crippen LogP) is 5.77. The first-order valence-corrected chi connectivity index (χ1v) is 7.55. The Kier molecular flexibility index (Phi) is 4.37. The Labute approximate surface area is 110 Å². The molecule has 0 aliphatic heterocycles. The molecular formula is C17H34. The summed E-state index contributed by atoms with van der Waals surface area (Å²) in [7, 11) is 0. The molecule has 0 heteroatoms. The van der Waals surface area contributed by atoms with Gasteiger partial charge in [-0.2, -0.15) is 0 Å². The Bertz CT molecular complexity index is 214. The van der Waals surface area contributed by atoms with Crippen molar-refractivity contribution < 1.29 is 0 Å². The van der Waals surface area contributed by atoms with Crippen molar-refractivity contribution in [1.82, 2.24) is 0 Å². The summed E-state index contributed by atoms with van der Waals surface area (Å²) in [6.07, 6.45) is 4.32. The van der Waals surface area contributed by atoms with Crippen molar-refractivity contribution in [2.45, 2.75) is 74.7 Å². The fourth-order valence-corrected chi connectivity index (χ4v) is 4.17. The SMILES string of the molecule is CC(C)C1C(C(C)(C)C)CCCC1C(C)(C)C. The molecule has 0 radical (unpaired) electrons. The Balaban J connectivity index is 3.01. The van der Waals surface area contributed by atoms with Gasteiger partial charge >= 0.3 is 0 Å². The minimum absolute atomic E-state index is 0.471. The highest BCUT2D eigenvalue weighted by Crippen LogP contribution is 2.52. The molecule has 0 amide bonds. The Morgan fingerprint density at radius 2 is 1.12 bits per heavy atom. The van der Waals surface area contributed by atoms with Gasteiger partial charge in [-0.05, 0) is 47.3 Å². The first kappa shape index (κ1) is 15.1. The van der Waals surface area contributed by atoms with Crippen molar-refractivity contribution in [3.63, 3.8) is 0 Å². The van der Waals surface area contributed by atoms with E-state index in [4.69, 9.17) is 0 Å². The fourth-order valence-electron chi connectivity index (χ4n) is 4.17. The molecule has 1 fully saturated rings. The lowest BCUT2D eigenvalue weighted by Gasteiger charge is -2.51. The topological polar surface area (TPSA) is 0 Å². The molecule has 1 aliphatic rings. The van der Waals surface area contributed by atoms with E-state index in [-0.39, 0.29) is 0 Å². The number of rotatable bonds is 1. The third kappa shape index (κ3) is 3.48. The van der Waals surface area contributed by atoms with Crippen LogP contribution in [0.5, 0.6) is 0 Å². The minimum atomic E-state index is 0.471. The molecule has 0 aromatic carbocycles. The highest BCUT2D eigenvalue weighted by molar-refractivity contribution is 4.93. The lowest BCUT2D eigenvalue weighted by molar-refractivity contribution is -0.0175. The van der Waals surface area contributed by atoms with Gasteiger partial charge in [-0.15, -0.1) is 0 Å². The molecule has 0 spiro atoms. The molecule has 0 bridgehead atoms. The summed E-state index contributed by atoms with van der Waals surface area (Å²) >= 11 is 0. The van der Waals surface area contributed by atoms with E-state index in [0.717, 1.165) is 23.7 Å². The third-order valence-corrected chi connectivity index (χ3v) is 4.95. The smallest absolute Gasteiger partial charge is 0.0324 e. The van der Waals surface area contributed by atoms with E-state index >= 15 is 0 Å². The highest BCUT2D eigenvalue weighted by atomic mass is 14.5. The third-order valence-electron chi connectivity index (χ3n) is 4.95. The first-order valence-electron chi connectivity index (χ1n) is 7.55. The molecule has 0 heterocycles. The Hall–Kier alpha value is 0. The van der Waals surface area contributed by atoms with Crippen LogP contribution >= 0.6 is 0 Å². The summed E-state index contributed by atoms with van der Waals surface area (Å²) in [6.45, 7) is 19.5. The van der Waals surface area contributed by atoms with Crippen LogP contribution in [0.1, 0.15) is 74.7 Å². The minimum Gasteiger partial charge on any atom is -0.0625 e. The first-order chi connectivity index (χ1) is 7.55. The molecule has 0 N–H and O–H groups in total. The lowest BCUT2D eigenvalue weighted by atomic mass is 9.54. The van der Waals surface area contributed by atoms with Crippen molar-refractivity contribution in [2.75, 3.05) is 0 Å². The maximum atomic E-state index is 2.44. The molecule has 1 aliphatic carbocycles. The molecule has 1 rings (SSSR count). The van der Waals surface area contributed by atoms with Gasteiger partial charge in [0.1, 0.15) is 0 Å². The second-order valence-corrected chi connectivity index (χ2v) is 8.70. The monoisotopic (exact) mass is 238 g/mol. The zero-order valence-electron chi connectivity index (χ0n) is 13.4. The van der Waals surface area contributed by atoms with Crippen LogP contribution in [0.3, 0.4) is 0 Å². The van der Waals surface area contributed by atoms with E-state index in [1.165, 1.54) is 19.3 Å². The van der Waals surface area contributed by atoms with Crippen molar-refractivity contribution in [2.24, 2.45) is 34.5 Å². The highest BCUT2D eigenvalue weighted by Gasteiger charge is 2.44. The van der Waals surface area contributed by atoms with Gasteiger partial charge < -0.3 is 0 Å². The quantitative estimate of drug-likeness (QED) is 0.544. The van der Waals surface area contributed by atoms with Gasteiger partial charge in [0.15, 0.2) is 0 Å². The summed E-state index contributed by atoms with van der Waals surface area (Å²) < 4.78 is 0. The summed E-state index contributed by atoms with van der Waals surface area (Å²) in [5, 5.41) is 0. The van der Waals surface area contributed by atoms with E-state index in [9.17, 15) is 0 Å². The van der Waals surface area contributed by atoms with Crippen molar-refractivity contribution in [3.05, 3.63) is 0 Å². The van der Waals surface area contributed by atoms with Crippen LogP contribution < -0.4 is 0 Å². The van der Waals surface area contributed by atoms with Crippen LogP contribution in [0, 0.1) is 34.5 Å². The Morgan fingerprint density at radius 1 is 0.765 bits per heavy atom. The lowest BCUT2D eigenvalue weighted by Crippen LogP contribution is -2.43. The summed E-state index contributed by atoms with van der Waals surface area (Å²) in [5.74, 6) is 3.54. The van der Waals surface area contributed by atoms with Gasteiger partial charge in [-0.25, -0.2) is 0 Å². The average molecular weight is 238 g/mol. The predicted molar refractivity (Wildman–Crippen MR) is 78.1 cm³/mol. The van der Waals surface area contributed by atoms with Gasteiger partial charge in [0.2, 0.25) is 0 Å². The zero-order valence-corrected chi connectivity index (χ0v) is 13.4. The maximum absolute atomic E-state index is 2.44. The normalized spacial score (nSPS) is 31.9. The Morgan fingerprint density at radius 3 is 1.35 bits per heavy atom. The van der Waals surface area contributed by atoms with Crippen LogP contribution in [-0.2, 0) is 0 Å². The average Bonchev–Trinajstić information content (AvgIpc) is 2.13. The van der Waals surface area contributed by atoms with Crippen LogP contribution in [0.4, 0.5) is 0 Å². The molecule has 2 unspecified atom stereocenters. The van der Waals surface area contributed by atoms with Crippen LogP contribution in [-0.4, -0.2) is 0 Å². The van der Waals surface area contributed by atoms with E-state index < -0.39 is 0 Å². The zero-order chi connectivity index (χ0) is 13.4. The van der Waals surface area contributed by atoms with E-state index in [0.29, 0.717) is 10.8 Å². The van der Waals surface area contributed by atoms with Gasteiger partial charge in [-0.3, -0.25) is 0 Å². The van der Waals surface area contributed by atoms with Gasteiger partial charge in [-0.1, -0.05) is 61.8 Å². The van der Waals surface area contributed by atoms with Gasteiger partial charge in [0.25, 0.3) is 0 Å². The molecule has 17 heavy (non-hydrogen) atoms. The van der Waals surface area contributed by atoms with Crippen molar-refractivity contribution in [3.8, 4) is 0 Å². The molecule has 0 saturated heterocycles. The standard InChI is InChI=1S/C17H34/c1-12(2)15-13(16(3,4)5)10-9-11-14(15)17(6,7)8/h12-15H,9-11H2,1-8H3. The van der Waals surface area contributed by atoms with Crippen molar-refractivity contribution >= 4 is 0 Å². The van der Waals surface area contributed by atoms with E-state index in [1.807, 2.05) is 0 Å². The van der Waals surface area contributed by atoms with Crippen LogP contribution in [0.15, 0.2) is 0 Å².